The number of rotatable bonds is 3. The van der Waals surface area contributed by atoms with Gasteiger partial charge >= 0.3 is 0 Å². The van der Waals surface area contributed by atoms with Gasteiger partial charge in [-0.1, -0.05) is 0 Å². The molecule has 0 aliphatic carbocycles. The number of carbonyl (C=O) groups excluding carboxylic acids is 1. The monoisotopic (exact) mass is 324 g/mol. The van der Waals surface area contributed by atoms with Crippen LogP contribution in [0, 0.1) is 6.92 Å². The first-order valence-electron chi connectivity index (χ1n) is 7.31. The third-order valence-electron chi connectivity index (χ3n) is 3.70. The molecule has 7 N–H and O–H groups in total. The zero-order valence-electron chi connectivity index (χ0n) is 13.2. The minimum atomic E-state index is -2.23. The van der Waals surface area contributed by atoms with Crippen molar-refractivity contribution in [2.45, 2.75) is 31.4 Å². The van der Waals surface area contributed by atoms with Crippen LogP contribution in [0.1, 0.15) is 23.8 Å². The van der Waals surface area contributed by atoms with Crippen LogP contribution >= 0.6 is 0 Å². The molecular weight excluding hydrogens is 306 g/mol. The van der Waals surface area contributed by atoms with Crippen molar-refractivity contribution in [1.82, 2.24) is 14.5 Å². The molecule has 1 aliphatic rings. The summed E-state index contributed by atoms with van der Waals surface area (Å²) in [5.74, 6) is -0.570. The highest BCUT2D eigenvalue weighted by atomic mass is 16.6. The fourth-order valence-electron chi connectivity index (χ4n) is 2.61. The van der Waals surface area contributed by atoms with Gasteiger partial charge in [-0.05, 0) is 6.92 Å². The Bertz CT molecular complexity index is 827. The zero-order valence-corrected chi connectivity index (χ0v) is 12.2. The molecule has 1 saturated heterocycles. The normalized spacial score (nSPS) is 31.5. The second kappa shape index (κ2) is 5.42. The number of fused-ring (bicyclic) bond motifs is 1. The maximum Gasteiger partial charge on any atom is 0.251 e. The number of aliphatic hydroxyl groups is 3. The Morgan fingerprint density at radius 3 is 2.74 bits per heavy atom. The van der Waals surface area contributed by atoms with E-state index in [1.807, 2.05) is 0 Å². The quantitative estimate of drug-likeness (QED) is 0.433. The van der Waals surface area contributed by atoms with Crippen LogP contribution in [-0.4, -0.2) is 60.7 Å². The van der Waals surface area contributed by atoms with E-state index in [0.29, 0.717) is 0 Å². The number of ether oxygens (including phenoxy) is 1. The molecule has 4 atom stereocenters. The van der Waals surface area contributed by atoms with Crippen LogP contribution in [0.25, 0.3) is 11.0 Å². The summed E-state index contributed by atoms with van der Waals surface area (Å²) in [6.45, 7) is 0.960. The van der Waals surface area contributed by atoms with Gasteiger partial charge in [0.05, 0.1) is 18.9 Å². The molecule has 0 unspecified atom stereocenters. The van der Waals surface area contributed by atoms with Gasteiger partial charge in [0.1, 0.15) is 35.6 Å². The van der Waals surface area contributed by atoms with Crippen LogP contribution in [0.4, 0.5) is 5.82 Å². The molecule has 0 bridgehead atoms. The molecule has 23 heavy (non-hydrogen) atoms. The molecule has 0 saturated carbocycles. The third-order valence-corrected chi connectivity index (χ3v) is 3.70. The smallest absolute Gasteiger partial charge is 0.251 e. The number of aromatic nitrogens is 3. The van der Waals surface area contributed by atoms with Gasteiger partial charge < -0.3 is 36.1 Å². The second-order valence-electron chi connectivity index (χ2n) is 5.24. The van der Waals surface area contributed by atoms with E-state index < -0.39 is 37.0 Å². The highest BCUT2D eigenvalue weighted by Crippen LogP contribution is 2.34. The van der Waals surface area contributed by atoms with Crippen LogP contribution < -0.4 is 11.5 Å². The molecule has 0 aromatic carbocycles. The average Bonchev–Trinajstić information content (AvgIpc) is 3.00. The first kappa shape index (κ1) is 14.3. The molecule has 1 amide bonds. The van der Waals surface area contributed by atoms with Crippen molar-refractivity contribution in [3.8, 4) is 0 Å². The zero-order chi connectivity index (χ0) is 17.8. The Morgan fingerprint density at radius 1 is 1.48 bits per heavy atom. The molecule has 10 nitrogen and oxygen atoms in total. The molecule has 124 valence electrons. The van der Waals surface area contributed by atoms with E-state index in [4.69, 9.17) is 17.6 Å². The molecule has 2 aromatic heterocycles. The average molecular weight is 324 g/mol. The summed E-state index contributed by atoms with van der Waals surface area (Å²) in [6.07, 6.45) is -5.44. The van der Waals surface area contributed by atoms with E-state index in [9.17, 15) is 20.1 Å². The predicted molar refractivity (Wildman–Crippen MR) is 78.2 cm³/mol. The van der Waals surface area contributed by atoms with Crippen molar-refractivity contribution in [3.63, 3.8) is 0 Å². The van der Waals surface area contributed by atoms with Crippen molar-refractivity contribution in [3.05, 3.63) is 17.6 Å². The number of carbonyl (C=O) groups is 1. The largest absolute Gasteiger partial charge is 0.394 e. The maximum atomic E-state index is 11.7. The number of aliphatic hydroxyl groups excluding tert-OH is 3. The lowest BCUT2D eigenvalue weighted by molar-refractivity contribution is -0.0509. The summed E-state index contributed by atoms with van der Waals surface area (Å²) >= 11 is 0. The number of anilines is 1. The van der Waals surface area contributed by atoms with Gasteiger partial charge in [-0.15, -0.1) is 0 Å². The lowest BCUT2D eigenvalue weighted by atomic mass is 10.1. The van der Waals surface area contributed by atoms with E-state index in [2.05, 4.69) is 9.97 Å². The number of hydrogen-bond acceptors (Lipinski definition) is 8. The van der Waals surface area contributed by atoms with Crippen molar-refractivity contribution < 1.29 is 26.2 Å². The van der Waals surface area contributed by atoms with Crippen LogP contribution in [0.3, 0.4) is 0 Å². The molecule has 2 aromatic rings. The third kappa shape index (κ3) is 2.32. The Balaban J connectivity index is 2.29. The van der Waals surface area contributed by atoms with Gasteiger partial charge in [0.15, 0.2) is 6.20 Å². The fourth-order valence-corrected chi connectivity index (χ4v) is 2.61. The van der Waals surface area contributed by atoms with Crippen molar-refractivity contribution in [1.29, 1.82) is 0 Å². The summed E-state index contributed by atoms with van der Waals surface area (Å²) in [7, 11) is 0. The summed E-state index contributed by atoms with van der Waals surface area (Å²) in [5.41, 5.74) is 11.2. The highest BCUT2D eigenvalue weighted by molar-refractivity contribution is 6.08. The Labute approximate surface area is 131 Å². The summed E-state index contributed by atoms with van der Waals surface area (Å²) in [6, 6.07) is 0. The first-order valence-corrected chi connectivity index (χ1v) is 6.81. The predicted octanol–water partition coefficient (Wildman–Crippen LogP) is -1.97. The van der Waals surface area contributed by atoms with Crippen LogP contribution in [-0.2, 0) is 4.74 Å². The van der Waals surface area contributed by atoms with Gasteiger partial charge in [-0.2, -0.15) is 0 Å². The standard InChI is InChI=1S/C13H17N5O5/c1-4-16-10(14)7-5(11(15)22)2-18(12(7)17-4)13-9(21)8(20)6(3-19)23-13/h2,6,8-9,13,19-21H,3H2,1H3,(H2,15,22)(H2,14,16,17)/t6-,8-,9-,13-/m1/s1/i13D. The number of amides is 1. The van der Waals surface area contributed by atoms with Gasteiger partial charge in [0, 0.05) is 6.20 Å². The SMILES string of the molecule is [2H][C@@]1(n2cc(C(N)=O)c3c(N)nc(C)nc32)O[C@H](CO)[C@@H](O)[C@H]1O. The van der Waals surface area contributed by atoms with Crippen molar-refractivity contribution in [2.75, 3.05) is 12.3 Å². The molecule has 3 heterocycles. The van der Waals surface area contributed by atoms with Crippen LogP contribution in [0.15, 0.2) is 6.20 Å². The Hall–Kier alpha value is -2.27. The topological polar surface area (TPSA) is 170 Å². The number of nitrogen functional groups attached to an aromatic ring is 1. The minimum Gasteiger partial charge on any atom is -0.394 e. The number of nitrogens with zero attached hydrogens (tertiary/aromatic N) is 3. The highest BCUT2D eigenvalue weighted by Gasteiger charge is 2.44. The van der Waals surface area contributed by atoms with Gasteiger partial charge in [0.25, 0.3) is 5.91 Å². The summed E-state index contributed by atoms with van der Waals surface area (Å²) < 4.78 is 14.8. The number of primary amides is 1. The molecule has 1 fully saturated rings. The van der Waals surface area contributed by atoms with E-state index >= 15 is 0 Å². The van der Waals surface area contributed by atoms with Gasteiger partial charge in [-0.25, -0.2) is 9.97 Å². The molecule has 0 spiro atoms. The van der Waals surface area contributed by atoms with Crippen molar-refractivity contribution >= 4 is 22.8 Å². The minimum absolute atomic E-state index is 0.0135. The van der Waals surface area contributed by atoms with E-state index in [1.54, 1.807) is 6.92 Å². The van der Waals surface area contributed by atoms with Gasteiger partial charge in [-0.3, -0.25) is 4.79 Å². The fraction of sp³-hybridized carbons (Fsp3) is 0.462. The summed E-state index contributed by atoms with van der Waals surface area (Å²) in [5, 5.41) is 29.5. The molecule has 10 heteroatoms. The van der Waals surface area contributed by atoms with E-state index in [0.717, 1.165) is 4.57 Å². The molecule has 3 rings (SSSR count). The maximum absolute atomic E-state index is 11.7. The van der Waals surface area contributed by atoms with E-state index in [1.165, 1.54) is 6.20 Å². The Kier molecular flexibility index (Phi) is 3.38. The van der Waals surface area contributed by atoms with Gasteiger partial charge in [0.2, 0.25) is 0 Å². The van der Waals surface area contributed by atoms with Crippen molar-refractivity contribution in [2.24, 2.45) is 5.73 Å². The second-order valence-corrected chi connectivity index (χ2v) is 5.24. The van der Waals surface area contributed by atoms with Crippen LogP contribution in [0.5, 0.6) is 0 Å². The number of aryl methyl sites for hydroxylation is 1. The number of nitrogens with two attached hydrogens (primary N) is 2. The number of hydrogen-bond donors (Lipinski definition) is 5. The van der Waals surface area contributed by atoms with Crippen LogP contribution in [0.2, 0.25) is 0 Å². The first-order chi connectivity index (χ1) is 11.2. The van der Waals surface area contributed by atoms with E-state index in [-0.39, 0.29) is 28.2 Å². The summed E-state index contributed by atoms with van der Waals surface area (Å²) in [4.78, 5) is 19.8. The molecular formula is C13H17N5O5. The lowest BCUT2D eigenvalue weighted by Crippen LogP contribution is -2.33. The molecule has 1 aliphatic heterocycles. The molecule has 0 radical (unpaired) electrons. The Morgan fingerprint density at radius 2 is 2.17 bits per heavy atom. The lowest BCUT2D eigenvalue weighted by Gasteiger charge is -2.17.